The average molecular weight is 518 g/mol. The number of ether oxygens (including phenoxy) is 2. The number of carbonyl (C=O) groups excluding carboxylic acids is 2. The second-order valence-corrected chi connectivity index (χ2v) is 9.07. The molecule has 0 radical (unpaired) electrons. The number of thioether (sulfide) groups is 1. The van der Waals surface area contributed by atoms with Gasteiger partial charge in [0.25, 0.3) is 11.1 Å². The first-order valence-corrected chi connectivity index (χ1v) is 11.7. The second kappa shape index (κ2) is 10.5. The lowest BCUT2D eigenvalue weighted by Gasteiger charge is -2.14. The third kappa shape index (κ3) is 5.22. The van der Waals surface area contributed by atoms with E-state index in [4.69, 9.17) is 32.7 Å². The number of carbonyl (C=O) groups is 2. The van der Waals surface area contributed by atoms with Crippen LogP contribution in [-0.4, -0.2) is 23.2 Å². The molecule has 0 atom stereocenters. The summed E-state index contributed by atoms with van der Waals surface area (Å²) in [5.74, 6) is -0.139. The third-order valence-electron chi connectivity index (χ3n) is 5.08. The topological polar surface area (TPSA) is 55.8 Å². The normalized spacial score (nSPS) is 14.7. The second-order valence-electron chi connectivity index (χ2n) is 7.26. The first-order chi connectivity index (χ1) is 16.4. The summed E-state index contributed by atoms with van der Waals surface area (Å²) >= 11 is 13.0. The Labute approximate surface area is 210 Å². The van der Waals surface area contributed by atoms with E-state index in [9.17, 15) is 14.0 Å². The third-order valence-corrected chi connectivity index (χ3v) is 6.71. The van der Waals surface area contributed by atoms with Crippen LogP contribution in [0.2, 0.25) is 10.0 Å². The molecule has 0 bridgehead atoms. The molecule has 34 heavy (non-hydrogen) atoms. The summed E-state index contributed by atoms with van der Waals surface area (Å²) in [6, 6.07) is 16.7. The number of methoxy groups -OCH3 is 1. The quantitative estimate of drug-likeness (QED) is 0.317. The van der Waals surface area contributed by atoms with Gasteiger partial charge in [-0.05, 0) is 53.7 Å². The van der Waals surface area contributed by atoms with Crippen LogP contribution in [0.3, 0.4) is 0 Å². The Balaban J connectivity index is 1.51. The molecule has 1 aliphatic rings. The summed E-state index contributed by atoms with van der Waals surface area (Å²) in [4.78, 5) is 26.5. The molecule has 0 spiro atoms. The van der Waals surface area contributed by atoms with Crippen molar-refractivity contribution in [3.63, 3.8) is 0 Å². The van der Waals surface area contributed by atoms with Gasteiger partial charge in [-0.15, -0.1) is 0 Å². The lowest BCUT2D eigenvalue weighted by atomic mass is 10.1. The van der Waals surface area contributed by atoms with Crippen molar-refractivity contribution < 1.29 is 23.5 Å². The zero-order valence-corrected chi connectivity index (χ0v) is 20.2. The summed E-state index contributed by atoms with van der Waals surface area (Å²) in [6.45, 7) is 0.0124. The van der Waals surface area contributed by atoms with Gasteiger partial charge in [0.2, 0.25) is 0 Å². The van der Waals surface area contributed by atoms with Crippen molar-refractivity contribution >= 4 is 52.2 Å². The standard InChI is InChI=1S/C25H18Cl2FNO4S/c1-32-22-11-15(9-10-21(22)33-14-16-5-2-3-6-18(16)26)12-23-24(30)29(25(31)34-23)13-17-19(27)7-4-8-20(17)28/h2-12H,13-14H2,1H3/b23-12+. The molecule has 1 aliphatic heterocycles. The number of halogens is 3. The Morgan fingerprint density at radius 3 is 2.50 bits per heavy atom. The van der Waals surface area contributed by atoms with Gasteiger partial charge >= 0.3 is 0 Å². The van der Waals surface area contributed by atoms with Gasteiger partial charge in [0.15, 0.2) is 11.5 Å². The van der Waals surface area contributed by atoms with E-state index in [0.29, 0.717) is 22.1 Å². The van der Waals surface area contributed by atoms with Gasteiger partial charge < -0.3 is 9.47 Å². The molecule has 1 fully saturated rings. The van der Waals surface area contributed by atoms with E-state index in [1.54, 1.807) is 30.3 Å². The van der Waals surface area contributed by atoms with Gasteiger partial charge in [0.1, 0.15) is 12.4 Å². The summed E-state index contributed by atoms with van der Waals surface area (Å²) in [7, 11) is 1.51. The smallest absolute Gasteiger partial charge is 0.293 e. The molecule has 3 aromatic carbocycles. The van der Waals surface area contributed by atoms with Crippen molar-refractivity contribution in [1.29, 1.82) is 0 Å². The number of hydrogen-bond acceptors (Lipinski definition) is 5. The van der Waals surface area contributed by atoms with E-state index in [1.165, 1.54) is 25.3 Å². The highest BCUT2D eigenvalue weighted by Gasteiger charge is 2.36. The minimum absolute atomic E-state index is 0.0920. The van der Waals surface area contributed by atoms with E-state index in [2.05, 4.69) is 0 Å². The molecule has 0 aromatic heterocycles. The minimum atomic E-state index is -0.576. The Kier molecular flexibility index (Phi) is 7.46. The first kappa shape index (κ1) is 24.1. The van der Waals surface area contributed by atoms with Crippen LogP contribution in [0.4, 0.5) is 9.18 Å². The Hall–Kier alpha value is -3.00. The number of benzene rings is 3. The van der Waals surface area contributed by atoms with Gasteiger partial charge in [-0.3, -0.25) is 14.5 Å². The fourth-order valence-electron chi connectivity index (χ4n) is 3.29. The maximum atomic E-state index is 14.1. The lowest BCUT2D eigenvalue weighted by molar-refractivity contribution is -0.123. The maximum absolute atomic E-state index is 14.1. The molecule has 0 aliphatic carbocycles. The maximum Gasteiger partial charge on any atom is 0.293 e. The molecule has 0 saturated carbocycles. The van der Waals surface area contributed by atoms with Crippen LogP contribution in [0.1, 0.15) is 16.7 Å². The number of amides is 2. The zero-order chi connectivity index (χ0) is 24.2. The van der Waals surface area contributed by atoms with Crippen molar-refractivity contribution in [1.82, 2.24) is 4.90 Å². The molecule has 5 nitrogen and oxygen atoms in total. The van der Waals surface area contributed by atoms with Crippen LogP contribution in [0.25, 0.3) is 6.08 Å². The van der Waals surface area contributed by atoms with Crippen molar-refractivity contribution in [2.24, 2.45) is 0 Å². The van der Waals surface area contributed by atoms with Gasteiger partial charge in [-0.2, -0.15) is 0 Å². The molecule has 3 aromatic rings. The van der Waals surface area contributed by atoms with Crippen LogP contribution in [0.5, 0.6) is 11.5 Å². The molecule has 0 unspecified atom stereocenters. The van der Waals surface area contributed by atoms with E-state index < -0.39 is 17.0 Å². The highest BCUT2D eigenvalue weighted by molar-refractivity contribution is 8.18. The van der Waals surface area contributed by atoms with Gasteiger partial charge in [-0.1, -0.05) is 53.5 Å². The number of hydrogen-bond donors (Lipinski definition) is 0. The summed E-state index contributed by atoms with van der Waals surface area (Å²) in [5.41, 5.74) is 1.56. The van der Waals surface area contributed by atoms with Crippen LogP contribution < -0.4 is 9.47 Å². The average Bonchev–Trinajstić information content (AvgIpc) is 3.08. The van der Waals surface area contributed by atoms with E-state index in [0.717, 1.165) is 22.2 Å². The molecule has 2 amide bonds. The van der Waals surface area contributed by atoms with Crippen molar-refractivity contribution in [2.45, 2.75) is 13.2 Å². The van der Waals surface area contributed by atoms with Crippen molar-refractivity contribution in [3.05, 3.63) is 98.1 Å². The Morgan fingerprint density at radius 2 is 1.76 bits per heavy atom. The first-order valence-electron chi connectivity index (χ1n) is 10.1. The van der Waals surface area contributed by atoms with Gasteiger partial charge in [-0.25, -0.2) is 4.39 Å². The Bertz CT molecular complexity index is 1280. The fraction of sp³-hybridized carbons (Fsp3) is 0.120. The van der Waals surface area contributed by atoms with Crippen LogP contribution >= 0.6 is 35.0 Å². The van der Waals surface area contributed by atoms with Crippen LogP contribution in [-0.2, 0) is 17.9 Å². The number of rotatable bonds is 7. The molecule has 1 heterocycles. The van der Waals surface area contributed by atoms with Crippen molar-refractivity contribution in [2.75, 3.05) is 7.11 Å². The molecular weight excluding hydrogens is 500 g/mol. The van der Waals surface area contributed by atoms with Crippen molar-refractivity contribution in [3.8, 4) is 11.5 Å². The monoisotopic (exact) mass is 517 g/mol. The molecule has 174 valence electrons. The highest BCUT2D eigenvalue weighted by atomic mass is 35.5. The fourth-order valence-corrected chi connectivity index (χ4v) is 4.54. The summed E-state index contributed by atoms with van der Waals surface area (Å²) in [5, 5.41) is 0.257. The molecule has 0 N–H and O–H groups in total. The van der Waals surface area contributed by atoms with Crippen LogP contribution in [0.15, 0.2) is 65.6 Å². The molecule has 1 saturated heterocycles. The molecular formula is C25H18Cl2FNO4S. The summed E-state index contributed by atoms with van der Waals surface area (Å²) in [6.07, 6.45) is 1.58. The number of nitrogens with zero attached hydrogens (tertiary/aromatic N) is 1. The van der Waals surface area contributed by atoms with E-state index >= 15 is 0 Å². The molecule has 9 heteroatoms. The van der Waals surface area contributed by atoms with E-state index in [1.807, 2.05) is 18.2 Å². The van der Waals surface area contributed by atoms with Crippen LogP contribution in [0, 0.1) is 5.82 Å². The van der Waals surface area contributed by atoms with Gasteiger partial charge in [0, 0.05) is 21.2 Å². The highest BCUT2D eigenvalue weighted by Crippen LogP contribution is 2.36. The lowest BCUT2D eigenvalue weighted by Crippen LogP contribution is -2.28. The minimum Gasteiger partial charge on any atom is -0.493 e. The predicted molar refractivity (Wildman–Crippen MR) is 132 cm³/mol. The molecule has 4 rings (SSSR count). The Morgan fingerprint density at radius 1 is 1.00 bits per heavy atom. The number of imide groups is 1. The van der Waals surface area contributed by atoms with Gasteiger partial charge in [0.05, 0.1) is 18.6 Å². The predicted octanol–water partition coefficient (Wildman–Crippen LogP) is 6.96. The summed E-state index contributed by atoms with van der Waals surface area (Å²) < 4.78 is 25.4. The van der Waals surface area contributed by atoms with E-state index in [-0.39, 0.29) is 28.6 Å². The largest absolute Gasteiger partial charge is 0.493 e. The zero-order valence-electron chi connectivity index (χ0n) is 17.9. The SMILES string of the molecule is COc1cc(/C=C2/SC(=O)N(Cc3c(F)cccc3Cl)C2=O)ccc1OCc1ccccc1Cl.